The van der Waals surface area contributed by atoms with Gasteiger partial charge in [-0.15, -0.1) is 0 Å². The third-order valence-electron chi connectivity index (χ3n) is 5.39. The first-order valence-corrected chi connectivity index (χ1v) is 12.7. The number of carbonyl (C=O) groups excluding carboxylic acids is 1. The summed E-state index contributed by atoms with van der Waals surface area (Å²) in [6, 6.07) is 27.2. The minimum Gasteiger partial charge on any atom is -0.490 e. The number of halogens is 2. The van der Waals surface area contributed by atoms with E-state index in [0.717, 1.165) is 16.7 Å². The van der Waals surface area contributed by atoms with E-state index < -0.39 is 0 Å². The molecule has 1 N–H and O–H groups in total. The summed E-state index contributed by atoms with van der Waals surface area (Å²) < 4.78 is 17.6. The number of nitrogens with one attached hydrogen (secondary N) is 1. The molecule has 8 heteroatoms. The molecule has 0 heterocycles. The van der Waals surface area contributed by atoms with Gasteiger partial charge in [0.2, 0.25) is 0 Å². The van der Waals surface area contributed by atoms with Crippen LogP contribution in [0.25, 0.3) is 0 Å². The van der Waals surface area contributed by atoms with Gasteiger partial charge in [0.25, 0.3) is 5.91 Å². The number of para-hydroxylation sites is 1. The minimum atomic E-state index is -0.388. The smallest absolute Gasteiger partial charge is 0.275 e. The highest BCUT2D eigenvalue weighted by molar-refractivity contribution is 6.30. The monoisotopic (exact) mass is 548 g/mol. The van der Waals surface area contributed by atoms with Gasteiger partial charge in [-0.05, 0) is 78.2 Å². The zero-order valence-corrected chi connectivity index (χ0v) is 22.2. The van der Waals surface area contributed by atoms with Crippen molar-refractivity contribution >= 4 is 35.3 Å². The van der Waals surface area contributed by atoms with Crippen LogP contribution in [0.1, 0.15) is 34.0 Å². The van der Waals surface area contributed by atoms with Crippen molar-refractivity contribution in [3.63, 3.8) is 0 Å². The third kappa shape index (κ3) is 7.75. The number of amides is 1. The van der Waals surface area contributed by atoms with Crippen molar-refractivity contribution in [1.82, 2.24) is 5.43 Å². The quantitative estimate of drug-likeness (QED) is 0.157. The maximum absolute atomic E-state index is 12.8. The van der Waals surface area contributed by atoms with Crippen molar-refractivity contribution in [1.29, 1.82) is 0 Å². The molecule has 0 saturated heterocycles. The summed E-state index contributed by atoms with van der Waals surface area (Å²) in [7, 11) is 0. The second kappa shape index (κ2) is 13.5. The number of hydrazone groups is 1. The molecule has 0 bridgehead atoms. The van der Waals surface area contributed by atoms with Gasteiger partial charge in [-0.1, -0.05) is 59.6 Å². The first-order valence-electron chi connectivity index (χ1n) is 12.0. The lowest BCUT2D eigenvalue weighted by Crippen LogP contribution is -2.18. The van der Waals surface area contributed by atoms with Crippen LogP contribution in [0.5, 0.6) is 17.2 Å². The molecule has 6 nitrogen and oxygen atoms in total. The summed E-state index contributed by atoms with van der Waals surface area (Å²) in [6.07, 6.45) is 1.54. The average Bonchev–Trinajstić information content (AvgIpc) is 2.93. The molecular formula is C30H26Cl2N2O4. The highest BCUT2D eigenvalue weighted by Gasteiger charge is 2.12. The molecule has 4 aromatic rings. The van der Waals surface area contributed by atoms with Gasteiger partial charge in [-0.3, -0.25) is 4.79 Å². The minimum absolute atomic E-state index is 0.303. The van der Waals surface area contributed by atoms with Crippen molar-refractivity contribution in [2.45, 2.75) is 20.1 Å². The Kier molecular flexibility index (Phi) is 9.62. The predicted molar refractivity (Wildman–Crippen MR) is 151 cm³/mol. The molecule has 4 rings (SSSR count). The molecule has 0 unspecified atom stereocenters. The number of benzene rings is 4. The highest BCUT2D eigenvalue weighted by Crippen LogP contribution is 2.29. The van der Waals surface area contributed by atoms with Crippen LogP contribution in [0.3, 0.4) is 0 Å². The van der Waals surface area contributed by atoms with Crippen molar-refractivity contribution in [3.05, 3.63) is 123 Å². The van der Waals surface area contributed by atoms with Crippen LogP contribution in [0.4, 0.5) is 0 Å². The number of hydrogen-bond donors (Lipinski definition) is 1. The van der Waals surface area contributed by atoms with Gasteiger partial charge < -0.3 is 14.2 Å². The Hall–Kier alpha value is -4.00. The first kappa shape index (κ1) is 27.0. The molecule has 0 spiro atoms. The fourth-order valence-electron chi connectivity index (χ4n) is 3.48. The van der Waals surface area contributed by atoms with Crippen molar-refractivity contribution in [3.8, 4) is 17.2 Å². The molecule has 38 heavy (non-hydrogen) atoms. The molecule has 0 aromatic heterocycles. The lowest BCUT2D eigenvalue weighted by atomic mass is 10.2. The second-order valence-corrected chi connectivity index (χ2v) is 9.04. The Morgan fingerprint density at radius 2 is 1.37 bits per heavy atom. The SMILES string of the molecule is CCOc1cc(/C=N/NC(=O)c2ccccc2OCc2ccc(Cl)cc2)ccc1OCc1ccc(Cl)cc1. The molecular weight excluding hydrogens is 523 g/mol. The van der Waals surface area contributed by atoms with E-state index in [1.54, 1.807) is 42.6 Å². The van der Waals surface area contributed by atoms with Crippen molar-refractivity contribution in [2.75, 3.05) is 6.61 Å². The van der Waals surface area contributed by atoms with E-state index >= 15 is 0 Å². The average molecular weight is 549 g/mol. The number of ether oxygens (including phenoxy) is 3. The molecule has 194 valence electrons. The van der Waals surface area contributed by atoms with Crippen LogP contribution >= 0.6 is 23.2 Å². The summed E-state index contributed by atoms with van der Waals surface area (Å²) in [4.78, 5) is 12.8. The van der Waals surface area contributed by atoms with Crippen LogP contribution in [-0.4, -0.2) is 18.7 Å². The molecule has 1 amide bonds. The normalized spacial score (nSPS) is 10.8. The maximum Gasteiger partial charge on any atom is 0.275 e. The topological polar surface area (TPSA) is 69.2 Å². The number of hydrogen-bond acceptors (Lipinski definition) is 5. The van der Waals surface area contributed by atoms with Gasteiger partial charge in [0.1, 0.15) is 19.0 Å². The third-order valence-corrected chi connectivity index (χ3v) is 5.90. The molecule has 0 saturated carbocycles. The first-order chi connectivity index (χ1) is 18.5. The van der Waals surface area contributed by atoms with E-state index in [4.69, 9.17) is 37.4 Å². The predicted octanol–water partition coefficient (Wildman–Crippen LogP) is 7.31. The maximum atomic E-state index is 12.8. The van der Waals surface area contributed by atoms with Crippen LogP contribution in [-0.2, 0) is 13.2 Å². The summed E-state index contributed by atoms with van der Waals surface area (Å²) in [5, 5.41) is 5.44. The Balaban J connectivity index is 1.38. The molecule has 0 radical (unpaired) electrons. The van der Waals surface area contributed by atoms with Gasteiger partial charge in [-0.2, -0.15) is 5.10 Å². The van der Waals surface area contributed by atoms with Gasteiger partial charge >= 0.3 is 0 Å². The summed E-state index contributed by atoms with van der Waals surface area (Å²) in [6.45, 7) is 3.05. The largest absolute Gasteiger partial charge is 0.490 e. The molecule has 0 fully saturated rings. The zero-order chi connectivity index (χ0) is 26.7. The molecule has 0 aliphatic heterocycles. The van der Waals surface area contributed by atoms with E-state index in [9.17, 15) is 4.79 Å². The van der Waals surface area contributed by atoms with Gasteiger partial charge in [0.05, 0.1) is 18.4 Å². The van der Waals surface area contributed by atoms with E-state index in [1.807, 2.05) is 61.5 Å². The van der Waals surface area contributed by atoms with Crippen LogP contribution in [0.15, 0.2) is 96.1 Å². The number of carbonyl (C=O) groups is 1. The van der Waals surface area contributed by atoms with Gasteiger partial charge in [0, 0.05) is 10.0 Å². The highest BCUT2D eigenvalue weighted by atomic mass is 35.5. The Morgan fingerprint density at radius 3 is 2.00 bits per heavy atom. The summed E-state index contributed by atoms with van der Waals surface area (Å²) in [5.74, 6) is 1.25. The standard InChI is InChI=1S/C30H26Cl2N2O4/c1-2-36-29-17-23(11-16-28(29)38-20-22-9-14-25(32)15-10-22)18-33-34-30(35)26-5-3-4-6-27(26)37-19-21-7-12-24(31)13-8-21/h3-18H,2,19-20H2,1H3,(H,34,35)/b33-18+. The Labute approximate surface area is 231 Å². The van der Waals surface area contributed by atoms with Crippen molar-refractivity contribution in [2.24, 2.45) is 5.10 Å². The van der Waals surface area contributed by atoms with Gasteiger partial charge in [0.15, 0.2) is 11.5 Å². The summed E-state index contributed by atoms with van der Waals surface area (Å²) >= 11 is 11.9. The summed E-state index contributed by atoms with van der Waals surface area (Å²) in [5.41, 5.74) is 5.60. The van der Waals surface area contributed by atoms with Crippen LogP contribution < -0.4 is 19.6 Å². The van der Waals surface area contributed by atoms with Crippen molar-refractivity contribution < 1.29 is 19.0 Å². The Morgan fingerprint density at radius 1 is 0.763 bits per heavy atom. The lowest BCUT2D eigenvalue weighted by Gasteiger charge is -2.13. The molecule has 0 atom stereocenters. The Bertz CT molecular complexity index is 1390. The number of nitrogens with zero attached hydrogens (tertiary/aromatic N) is 1. The van der Waals surface area contributed by atoms with E-state index in [2.05, 4.69) is 10.5 Å². The lowest BCUT2D eigenvalue weighted by molar-refractivity contribution is 0.0950. The van der Waals surface area contributed by atoms with Crippen LogP contribution in [0, 0.1) is 0 Å². The zero-order valence-electron chi connectivity index (χ0n) is 20.7. The molecule has 0 aliphatic carbocycles. The fraction of sp³-hybridized carbons (Fsp3) is 0.133. The second-order valence-electron chi connectivity index (χ2n) is 8.16. The molecule has 4 aromatic carbocycles. The van der Waals surface area contributed by atoms with Crippen LogP contribution in [0.2, 0.25) is 10.0 Å². The van der Waals surface area contributed by atoms with E-state index in [1.165, 1.54) is 0 Å². The van der Waals surface area contributed by atoms with Gasteiger partial charge in [-0.25, -0.2) is 5.43 Å². The fourth-order valence-corrected chi connectivity index (χ4v) is 3.73. The number of rotatable bonds is 11. The van der Waals surface area contributed by atoms with E-state index in [0.29, 0.717) is 52.7 Å². The molecule has 0 aliphatic rings. The van der Waals surface area contributed by atoms with E-state index in [-0.39, 0.29) is 5.91 Å².